The zero-order valence-electron chi connectivity index (χ0n) is 9.09. The molecule has 0 aromatic heterocycles. The summed E-state index contributed by atoms with van der Waals surface area (Å²) in [6, 6.07) is 0.610. The second-order valence-electron chi connectivity index (χ2n) is 4.40. The van der Waals surface area contributed by atoms with Crippen LogP contribution in [-0.2, 0) is 4.79 Å². The lowest BCUT2D eigenvalue weighted by Crippen LogP contribution is -2.36. The maximum absolute atomic E-state index is 10.8. The highest BCUT2D eigenvalue weighted by Gasteiger charge is 2.14. The number of primary amides is 1. The van der Waals surface area contributed by atoms with Crippen LogP contribution in [0.2, 0.25) is 0 Å². The molecule has 1 atom stereocenters. The van der Waals surface area contributed by atoms with Crippen molar-refractivity contribution in [1.29, 1.82) is 0 Å². The maximum Gasteiger partial charge on any atom is 0.221 e. The summed E-state index contributed by atoms with van der Waals surface area (Å²) in [7, 11) is 0. The standard InChI is InChI=1S/C11H22N2O/c1-9(11(12)14)8-13-10-6-4-2-3-5-7-10/h9-10,13H,2-8H2,1H3,(H2,12,14). The van der Waals surface area contributed by atoms with Gasteiger partial charge in [-0.1, -0.05) is 32.6 Å². The molecule has 0 heterocycles. The quantitative estimate of drug-likeness (QED) is 0.671. The van der Waals surface area contributed by atoms with Gasteiger partial charge in [0.2, 0.25) is 5.91 Å². The highest BCUT2D eigenvalue weighted by Crippen LogP contribution is 2.17. The number of rotatable bonds is 4. The lowest BCUT2D eigenvalue weighted by molar-refractivity contribution is -0.121. The van der Waals surface area contributed by atoms with Crippen LogP contribution >= 0.6 is 0 Å². The van der Waals surface area contributed by atoms with Crippen LogP contribution in [-0.4, -0.2) is 18.5 Å². The van der Waals surface area contributed by atoms with Crippen molar-refractivity contribution in [3.63, 3.8) is 0 Å². The van der Waals surface area contributed by atoms with Crippen LogP contribution in [0.1, 0.15) is 45.4 Å². The summed E-state index contributed by atoms with van der Waals surface area (Å²) in [5.74, 6) is -0.246. The number of hydrogen-bond acceptors (Lipinski definition) is 2. The fourth-order valence-corrected chi connectivity index (χ4v) is 1.93. The highest BCUT2D eigenvalue weighted by molar-refractivity contribution is 5.76. The third-order valence-electron chi connectivity index (χ3n) is 3.05. The van der Waals surface area contributed by atoms with Gasteiger partial charge in [-0.05, 0) is 12.8 Å². The molecule has 3 N–H and O–H groups in total. The van der Waals surface area contributed by atoms with Crippen molar-refractivity contribution in [1.82, 2.24) is 5.32 Å². The Bertz CT molecular complexity index is 174. The van der Waals surface area contributed by atoms with Gasteiger partial charge in [0.05, 0.1) is 0 Å². The van der Waals surface area contributed by atoms with E-state index in [1.807, 2.05) is 6.92 Å². The molecule has 1 saturated carbocycles. The first-order chi connectivity index (χ1) is 6.70. The topological polar surface area (TPSA) is 55.1 Å². The molecule has 1 fully saturated rings. The number of nitrogens with one attached hydrogen (secondary N) is 1. The number of carbonyl (C=O) groups is 1. The monoisotopic (exact) mass is 198 g/mol. The summed E-state index contributed by atoms with van der Waals surface area (Å²) in [5, 5.41) is 3.44. The predicted octanol–water partition coefficient (Wildman–Crippen LogP) is 1.42. The predicted molar refractivity (Wildman–Crippen MR) is 57.9 cm³/mol. The van der Waals surface area contributed by atoms with Crippen molar-refractivity contribution < 1.29 is 4.79 Å². The molecule has 0 spiro atoms. The van der Waals surface area contributed by atoms with Gasteiger partial charge in [0.25, 0.3) is 0 Å². The molecule has 1 rings (SSSR count). The summed E-state index contributed by atoms with van der Waals surface area (Å²) in [5.41, 5.74) is 5.20. The van der Waals surface area contributed by atoms with Gasteiger partial charge in [-0.2, -0.15) is 0 Å². The second-order valence-corrected chi connectivity index (χ2v) is 4.40. The minimum absolute atomic E-state index is 0.0433. The van der Waals surface area contributed by atoms with E-state index in [0.29, 0.717) is 6.04 Å². The number of hydrogen-bond donors (Lipinski definition) is 2. The number of amides is 1. The van der Waals surface area contributed by atoms with Crippen LogP contribution in [0.4, 0.5) is 0 Å². The summed E-state index contributed by atoms with van der Waals surface area (Å²) in [4.78, 5) is 10.8. The zero-order valence-corrected chi connectivity index (χ0v) is 9.09. The van der Waals surface area contributed by atoms with Gasteiger partial charge in [-0.3, -0.25) is 4.79 Å². The molecule has 1 amide bonds. The molecule has 1 unspecified atom stereocenters. The van der Waals surface area contributed by atoms with Gasteiger partial charge < -0.3 is 11.1 Å². The highest BCUT2D eigenvalue weighted by atomic mass is 16.1. The van der Waals surface area contributed by atoms with Crippen molar-refractivity contribution in [3.05, 3.63) is 0 Å². The maximum atomic E-state index is 10.8. The van der Waals surface area contributed by atoms with E-state index in [9.17, 15) is 4.79 Å². The molecule has 0 aliphatic heterocycles. The van der Waals surface area contributed by atoms with Crippen LogP contribution < -0.4 is 11.1 Å². The fraction of sp³-hybridized carbons (Fsp3) is 0.909. The molecule has 0 aromatic carbocycles. The van der Waals surface area contributed by atoms with E-state index in [1.54, 1.807) is 0 Å². The van der Waals surface area contributed by atoms with Gasteiger partial charge in [0.15, 0.2) is 0 Å². The molecule has 3 heteroatoms. The Morgan fingerprint density at radius 3 is 2.43 bits per heavy atom. The second kappa shape index (κ2) is 6.02. The van der Waals surface area contributed by atoms with E-state index in [-0.39, 0.29) is 11.8 Å². The Labute approximate surface area is 86.4 Å². The van der Waals surface area contributed by atoms with Gasteiger partial charge in [-0.15, -0.1) is 0 Å². The van der Waals surface area contributed by atoms with E-state index in [1.165, 1.54) is 38.5 Å². The van der Waals surface area contributed by atoms with Crippen molar-refractivity contribution in [3.8, 4) is 0 Å². The summed E-state index contributed by atoms with van der Waals surface area (Å²) >= 11 is 0. The first kappa shape index (κ1) is 11.5. The normalized spacial score (nSPS) is 21.5. The Balaban J connectivity index is 2.18. The van der Waals surface area contributed by atoms with E-state index >= 15 is 0 Å². The van der Waals surface area contributed by atoms with Crippen molar-refractivity contribution in [2.75, 3.05) is 6.54 Å². The Kier molecular flexibility index (Phi) is 4.94. The third kappa shape index (κ3) is 4.09. The van der Waals surface area contributed by atoms with Crippen LogP contribution in [0.5, 0.6) is 0 Å². The van der Waals surface area contributed by atoms with Crippen LogP contribution in [0.3, 0.4) is 0 Å². The largest absolute Gasteiger partial charge is 0.369 e. The first-order valence-corrected chi connectivity index (χ1v) is 5.73. The molecule has 0 radical (unpaired) electrons. The van der Waals surface area contributed by atoms with E-state index in [4.69, 9.17) is 5.73 Å². The lowest BCUT2D eigenvalue weighted by atomic mass is 10.1. The van der Waals surface area contributed by atoms with Gasteiger partial charge in [0.1, 0.15) is 0 Å². The molecular weight excluding hydrogens is 176 g/mol. The summed E-state index contributed by atoms with van der Waals surface area (Å²) in [6.07, 6.45) is 7.88. The van der Waals surface area contributed by atoms with E-state index < -0.39 is 0 Å². The molecule has 0 saturated heterocycles. The van der Waals surface area contributed by atoms with Crippen LogP contribution in [0, 0.1) is 5.92 Å². The van der Waals surface area contributed by atoms with Crippen molar-refractivity contribution in [2.24, 2.45) is 11.7 Å². The molecule has 0 bridgehead atoms. The van der Waals surface area contributed by atoms with Gasteiger partial charge >= 0.3 is 0 Å². The molecule has 1 aliphatic carbocycles. The Morgan fingerprint density at radius 2 is 1.93 bits per heavy atom. The minimum atomic E-state index is -0.203. The lowest BCUT2D eigenvalue weighted by Gasteiger charge is -2.17. The van der Waals surface area contributed by atoms with Gasteiger partial charge in [-0.25, -0.2) is 0 Å². The number of carbonyl (C=O) groups excluding carboxylic acids is 1. The Hall–Kier alpha value is -0.570. The molecule has 3 nitrogen and oxygen atoms in total. The van der Waals surface area contributed by atoms with Crippen LogP contribution in [0.25, 0.3) is 0 Å². The third-order valence-corrected chi connectivity index (χ3v) is 3.05. The van der Waals surface area contributed by atoms with Crippen molar-refractivity contribution >= 4 is 5.91 Å². The molecule has 1 aliphatic rings. The Morgan fingerprint density at radius 1 is 1.36 bits per heavy atom. The minimum Gasteiger partial charge on any atom is -0.369 e. The first-order valence-electron chi connectivity index (χ1n) is 5.73. The summed E-state index contributed by atoms with van der Waals surface area (Å²) in [6.45, 7) is 2.62. The molecular formula is C11H22N2O. The average molecular weight is 198 g/mol. The molecule has 0 aromatic rings. The smallest absolute Gasteiger partial charge is 0.221 e. The van der Waals surface area contributed by atoms with Crippen molar-refractivity contribution in [2.45, 2.75) is 51.5 Å². The van der Waals surface area contributed by atoms with Gasteiger partial charge in [0, 0.05) is 18.5 Å². The van der Waals surface area contributed by atoms with Crippen LogP contribution in [0.15, 0.2) is 0 Å². The molecule has 82 valence electrons. The average Bonchev–Trinajstić information content (AvgIpc) is 2.42. The fourth-order valence-electron chi connectivity index (χ4n) is 1.93. The SMILES string of the molecule is CC(CNC1CCCCCC1)C(N)=O. The summed E-state index contributed by atoms with van der Waals surface area (Å²) < 4.78 is 0. The number of nitrogens with two attached hydrogens (primary N) is 1. The van der Waals surface area contributed by atoms with E-state index in [2.05, 4.69) is 5.32 Å². The van der Waals surface area contributed by atoms with E-state index in [0.717, 1.165) is 6.54 Å². The molecule has 14 heavy (non-hydrogen) atoms. The zero-order chi connectivity index (χ0) is 10.4.